The predicted molar refractivity (Wildman–Crippen MR) is 167 cm³/mol. The van der Waals surface area contributed by atoms with Crippen LogP contribution in [-0.2, 0) is 5.41 Å². The molecule has 1 heterocycles. The van der Waals surface area contributed by atoms with E-state index in [-0.39, 0.29) is 5.41 Å². The molecule has 2 aliphatic rings. The molecule has 7 rings (SSSR count). The van der Waals surface area contributed by atoms with Gasteiger partial charge in [0.25, 0.3) is 0 Å². The third kappa shape index (κ3) is 4.29. The van der Waals surface area contributed by atoms with Gasteiger partial charge in [0.2, 0.25) is 0 Å². The Balaban J connectivity index is 1.34. The molecule has 0 N–H and O–H groups in total. The molecular weight excluding hydrogens is 498 g/mol. The van der Waals surface area contributed by atoms with Crippen LogP contribution in [-0.4, -0.2) is 9.97 Å². The van der Waals surface area contributed by atoms with Gasteiger partial charge in [-0.05, 0) is 53.3 Å². The first-order valence-corrected chi connectivity index (χ1v) is 14.1. The highest BCUT2D eigenvalue weighted by Gasteiger charge is 2.39. The van der Waals surface area contributed by atoms with Crippen molar-refractivity contribution in [3.8, 4) is 40.0 Å². The molecule has 0 bridgehead atoms. The monoisotopic (exact) mass is 527 g/mol. The normalized spacial score (nSPS) is 15.1. The van der Waals surface area contributed by atoms with Gasteiger partial charge in [0, 0.05) is 27.7 Å². The maximum absolute atomic E-state index is 9.91. The molecule has 0 amide bonds. The van der Waals surface area contributed by atoms with Crippen molar-refractivity contribution in [2.24, 2.45) is 0 Å². The fraction of sp³-hybridized carbons (Fsp3) is 0.132. The third-order valence-electron chi connectivity index (χ3n) is 8.53. The van der Waals surface area contributed by atoms with E-state index in [1.165, 1.54) is 27.8 Å². The second-order valence-corrected chi connectivity index (χ2v) is 11.3. The van der Waals surface area contributed by atoms with E-state index in [0.717, 1.165) is 52.0 Å². The van der Waals surface area contributed by atoms with Crippen LogP contribution in [0.15, 0.2) is 121 Å². The molecule has 0 saturated carbocycles. The molecule has 0 radical (unpaired) electrons. The number of hydrogen-bond acceptors (Lipinski definition) is 3. The van der Waals surface area contributed by atoms with Crippen LogP contribution in [0, 0.1) is 11.3 Å². The zero-order chi connectivity index (χ0) is 28.0. The van der Waals surface area contributed by atoms with Crippen LogP contribution in [0.2, 0.25) is 0 Å². The molecule has 2 aliphatic carbocycles. The van der Waals surface area contributed by atoms with Crippen molar-refractivity contribution in [2.75, 3.05) is 0 Å². The summed E-state index contributed by atoms with van der Waals surface area (Å²) in [4.78, 5) is 9.98. The third-order valence-corrected chi connectivity index (χ3v) is 8.53. The first-order valence-electron chi connectivity index (χ1n) is 14.1. The van der Waals surface area contributed by atoms with Crippen molar-refractivity contribution in [1.29, 1.82) is 5.26 Å². The fourth-order valence-corrected chi connectivity index (χ4v) is 6.39. The van der Waals surface area contributed by atoms with Gasteiger partial charge in [0.15, 0.2) is 5.82 Å². The van der Waals surface area contributed by atoms with E-state index in [2.05, 4.69) is 86.7 Å². The lowest BCUT2D eigenvalue weighted by molar-refractivity contribution is 0.609. The number of nitrogens with zero attached hydrogens (tertiary/aromatic N) is 3. The maximum atomic E-state index is 9.91. The Morgan fingerprint density at radius 2 is 1.29 bits per heavy atom. The van der Waals surface area contributed by atoms with Gasteiger partial charge in [-0.25, -0.2) is 9.97 Å². The number of rotatable bonds is 4. The Bertz CT molecular complexity index is 1850. The summed E-state index contributed by atoms with van der Waals surface area (Å²) in [6.07, 6.45) is 4.29. The molecular formula is C38H29N3. The number of fused-ring (bicyclic) bond motifs is 2. The minimum Gasteiger partial charge on any atom is -0.228 e. The zero-order valence-corrected chi connectivity index (χ0v) is 23.2. The van der Waals surface area contributed by atoms with E-state index in [1.807, 2.05) is 48.5 Å². The summed E-state index contributed by atoms with van der Waals surface area (Å²) < 4.78 is 0. The molecule has 0 fully saturated rings. The molecule has 3 nitrogen and oxygen atoms in total. The van der Waals surface area contributed by atoms with Crippen molar-refractivity contribution in [3.63, 3.8) is 0 Å². The van der Waals surface area contributed by atoms with Crippen molar-refractivity contribution >= 4 is 11.1 Å². The van der Waals surface area contributed by atoms with Crippen molar-refractivity contribution in [3.05, 3.63) is 143 Å². The highest BCUT2D eigenvalue weighted by Crippen LogP contribution is 2.53. The Hall–Kier alpha value is -5.07. The predicted octanol–water partition coefficient (Wildman–Crippen LogP) is 9.27. The van der Waals surface area contributed by atoms with Gasteiger partial charge in [-0.15, -0.1) is 0 Å². The van der Waals surface area contributed by atoms with Crippen LogP contribution in [0.5, 0.6) is 0 Å². The van der Waals surface area contributed by atoms with Gasteiger partial charge < -0.3 is 0 Å². The van der Waals surface area contributed by atoms with Gasteiger partial charge in [0.05, 0.1) is 23.0 Å². The Morgan fingerprint density at radius 3 is 2.02 bits per heavy atom. The Kier molecular flexibility index (Phi) is 5.98. The van der Waals surface area contributed by atoms with E-state index in [1.54, 1.807) is 0 Å². The molecule has 0 aliphatic heterocycles. The fourth-order valence-electron chi connectivity index (χ4n) is 6.39. The maximum Gasteiger partial charge on any atom is 0.160 e. The van der Waals surface area contributed by atoms with E-state index in [0.29, 0.717) is 5.82 Å². The van der Waals surface area contributed by atoms with Crippen LogP contribution in [0.4, 0.5) is 0 Å². The van der Waals surface area contributed by atoms with Crippen LogP contribution < -0.4 is 0 Å². The second-order valence-electron chi connectivity index (χ2n) is 11.3. The van der Waals surface area contributed by atoms with Crippen molar-refractivity contribution in [2.45, 2.75) is 32.1 Å². The van der Waals surface area contributed by atoms with Gasteiger partial charge in [0.1, 0.15) is 0 Å². The summed E-state index contributed by atoms with van der Waals surface area (Å²) in [6, 6.07) is 39.8. The molecule has 4 aromatic carbocycles. The summed E-state index contributed by atoms with van der Waals surface area (Å²) >= 11 is 0. The van der Waals surface area contributed by atoms with E-state index in [4.69, 9.17) is 9.97 Å². The summed E-state index contributed by atoms with van der Waals surface area (Å²) in [7, 11) is 0. The molecule has 41 heavy (non-hydrogen) atoms. The van der Waals surface area contributed by atoms with Crippen LogP contribution in [0.3, 0.4) is 0 Å². The van der Waals surface area contributed by atoms with Crippen molar-refractivity contribution in [1.82, 2.24) is 9.97 Å². The zero-order valence-electron chi connectivity index (χ0n) is 23.2. The number of allylic oxidation sites excluding steroid dienone is 4. The molecule has 1 aromatic heterocycles. The number of nitriles is 1. The van der Waals surface area contributed by atoms with E-state index in [9.17, 15) is 5.26 Å². The lowest BCUT2D eigenvalue weighted by atomic mass is 9.77. The Labute approximate surface area is 241 Å². The van der Waals surface area contributed by atoms with Crippen LogP contribution in [0.25, 0.3) is 45.0 Å². The van der Waals surface area contributed by atoms with Crippen LogP contribution in [0.1, 0.15) is 48.9 Å². The molecule has 196 valence electrons. The average Bonchev–Trinajstić information content (AvgIpc) is 3.27. The highest BCUT2D eigenvalue weighted by molar-refractivity contribution is 5.95. The second kappa shape index (κ2) is 9.84. The summed E-state index contributed by atoms with van der Waals surface area (Å²) in [5, 5.41) is 9.91. The smallest absolute Gasteiger partial charge is 0.160 e. The lowest BCUT2D eigenvalue weighted by Crippen LogP contribution is -2.18. The summed E-state index contributed by atoms with van der Waals surface area (Å²) in [5.41, 5.74) is 13.1. The summed E-state index contributed by atoms with van der Waals surface area (Å²) in [5.74, 6) is 0.716. The highest BCUT2D eigenvalue weighted by atomic mass is 14.9. The van der Waals surface area contributed by atoms with Crippen LogP contribution >= 0.6 is 0 Å². The standard InChI is InChI=1S/C38H29N3/c1-38(2)32-20-19-28(22-31(32)36-30(24-39)17-10-18-33(36)38)27-15-9-16-29(21-27)35-23-34(25-11-5-3-6-12-25)40-37(41-35)26-13-7-4-8-14-26/h3-18,21-23H,19-20H2,1-2H3. The minimum atomic E-state index is -0.0654. The van der Waals surface area contributed by atoms with E-state index >= 15 is 0 Å². The molecule has 0 saturated heterocycles. The largest absolute Gasteiger partial charge is 0.228 e. The SMILES string of the molecule is CC1(C)C2=C(C=C(c3cccc(-c4cc(-c5ccccc5)nc(-c5ccccc5)n4)c3)CC2)c2c(C#N)cccc21. The van der Waals surface area contributed by atoms with E-state index < -0.39 is 0 Å². The lowest BCUT2D eigenvalue weighted by Gasteiger charge is -2.27. The molecule has 0 unspecified atom stereocenters. The molecule has 3 heteroatoms. The molecule has 5 aromatic rings. The van der Waals surface area contributed by atoms with Gasteiger partial charge in [-0.2, -0.15) is 5.26 Å². The number of benzene rings is 4. The van der Waals surface area contributed by atoms with Gasteiger partial charge in [-0.1, -0.05) is 116 Å². The Morgan fingerprint density at radius 1 is 0.659 bits per heavy atom. The first kappa shape index (κ1) is 24.9. The average molecular weight is 528 g/mol. The van der Waals surface area contributed by atoms with Crippen molar-refractivity contribution < 1.29 is 0 Å². The molecule has 0 atom stereocenters. The number of hydrogen-bond donors (Lipinski definition) is 0. The number of aromatic nitrogens is 2. The minimum absolute atomic E-state index is 0.0654. The quantitative estimate of drug-likeness (QED) is 0.234. The first-order chi connectivity index (χ1) is 20.0. The van der Waals surface area contributed by atoms with Gasteiger partial charge >= 0.3 is 0 Å². The van der Waals surface area contributed by atoms with Gasteiger partial charge in [-0.3, -0.25) is 0 Å². The molecule has 0 spiro atoms. The summed E-state index contributed by atoms with van der Waals surface area (Å²) in [6.45, 7) is 4.58. The topological polar surface area (TPSA) is 49.6 Å².